The molecule has 1 heterocycles. The van der Waals surface area contributed by atoms with Crippen LogP contribution in [-0.4, -0.2) is 10.9 Å². The van der Waals surface area contributed by atoms with Gasteiger partial charge in [0.25, 0.3) is 0 Å². The molecule has 0 saturated heterocycles. The van der Waals surface area contributed by atoms with Gasteiger partial charge < -0.3 is 5.32 Å². The Labute approximate surface area is 127 Å². The Morgan fingerprint density at radius 2 is 2.00 bits per heavy atom. The highest BCUT2D eigenvalue weighted by Gasteiger charge is 2.22. The molecule has 0 bridgehead atoms. The van der Waals surface area contributed by atoms with Crippen molar-refractivity contribution >= 4 is 34.1 Å². The van der Waals surface area contributed by atoms with E-state index in [1.807, 2.05) is 44.4 Å². The lowest BCUT2D eigenvalue weighted by molar-refractivity contribution is -0.123. The minimum Gasteiger partial charge on any atom is -0.302 e. The number of carbonyl (C=O) groups is 1. The fraction of sp³-hybridized carbons (Fsp3) is 0.333. The Balaban J connectivity index is 1.91. The topological polar surface area (TPSA) is 42.0 Å². The maximum absolute atomic E-state index is 11.9. The molecule has 3 nitrogen and oxygen atoms in total. The summed E-state index contributed by atoms with van der Waals surface area (Å²) in [6.45, 7) is 5.67. The minimum absolute atomic E-state index is 0.00545. The predicted octanol–water partition coefficient (Wildman–Crippen LogP) is 4.42. The van der Waals surface area contributed by atoms with E-state index < -0.39 is 5.41 Å². The molecule has 20 heavy (non-hydrogen) atoms. The van der Waals surface area contributed by atoms with Crippen LogP contribution in [0.1, 0.15) is 26.5 Å². The molecule has 0 aliphatic heterocycles. The molecule has 106 valence electrons. The molecule has 0 aliphatic carbocycles. The van der Waals surface area contributed by atoms with Crippen LogP contribution in [-0.2, 0) is 10.5 Å². The zero-order valence-electron chi connectivity index (χ0n) is 11.8. The van der Waals surface area contributed by atoms with Crippen LogP contribution in [0.2, 0.25) is 0 Å². The Kier molecular flexibility index (Phi) is 4.83. The summed E-state index contributed by atoms with van der Waals surface area (Å²) >= 11 is 3.22. The summed E-state index contributed by atoms with van der Waals surface area (Å²) < 4.78 is 0. The van der Waals surface area contributed by atoms with Gasteiger partial charge >= 0.3 is 0 Å². The Morgan fingerprint density at radius 3 is 2.65 bits per heavy atom. The largest absolute Gasteiger partial charge is 0.302 e. The minimum atomic E-state index is -0.398. The van der Waals surface area contributed by atoms with E-state index in [0.717, 1.165) is 11.4 Å². The van der Waals surface area contributed by atoms with Crippen LogP contribution in [0.4, 0.5) is 5.13 Å². The first kappa shape index (κ1) is 15.1. The van der Waals surface area contributed by atoms with Crippen molar-refractivity contribution in [3.05, 3.63) is 41.4 Å². The third kappa shape index (κ3) is 4.35. The third-order valence-electron chi connectivity index (χ3n) is 2.58. The number of aromatic nitrogens is 1. The number of nitrogens with zero attached hydrogens (tertiary/aromatic N) is 1. The van der Waals surface area contributed by atoms with Crippen LogP contribution in [0.25, 0.3) is 0 Å². The lowest BCUT2D eigenvalue weighted by Crippen LogP contribution is -2.27. The SMILES string of the molecule is CC(C)(C)C(=O)Nc1nc(CSc2ccccc2)cs1. The quantitative estimate of drug-likeness (QED) is 0.850. The van der Waals surface area contributed by atoms with Crippen molar-refractivity contribution in [1.29, 1.82) is 0 Å². The van der Waals surface area contributed by atoms with Gasteiger partial charge in [-0.1, -0.05) is 39.0 Å². The number of hydrogen-bond donors (Lipinski definition) is 1. The summed E-state index contributed by atoms with van der Waals surface area (Å²) in [4.78, 5) is 17.5. The summed E-state index contributed by atoms with van der Waals surface area (Å²) in [5.41, 5.74) is 0.595. The monoisotopic (exact) mass is 306 g/mol. The van der Waals surface area contributed by atoms with Crippen molar-refractivity contribution in [3.8, 4) is 0 Å². The molecular formula is C15H18N2OS2. The molecule has 0 saturated carbocycles. The number of thiazole rings is 1. The Bertz CT molecular complexity index is 573. The molecule has 5 heteroatoms. The van der Waals surface area contributed by atoms with Gasteiger partial charge in [-0.25, -0.2) is 4.98 Å². The fourth-order valence-electron chi connectivity index (χ4n) is 1.39. The van der Waals surface area contributed by atoms with E-state index in [9.17, 15) is 4.79 Å². The van der Waals surface area contributed by atoms with Crippen molar-refractivity contribution < 1.29 is 4.79 Å². The molecule has 0 spiro atoms. The molecule has 1 aromatic carbocycles. The zero-order valence-corrected chi connectivity index (χ0v) is 13.5. The smallest absolute Gasteiger partial charge is 0.231 e. The third-order valence-corrected chi connectivity index (χ3v) is 4.44. The summed E-state index contributed by atoms with van der Waals surface area (Å²) in [5.74, 6) is 0.806. The number of thioether (sulfide) groups is 1. The maximum atomic E-state index is 11.9. The summed E-state index contributed by atoms with van der Waals surface area (Å²) in [7, 11) is 0. The van der Waals surface area contributed by atoms with Crippen molar-refractivity contribution in [3.63, 3.8) is 0 Å². The van der Waals surface area contributed by atoms with Crippen LogP contribution in [0.3, 0.4) is 0 Å². The van der Waals surface area contributed by atoms with Gasteiger partial charge in [-0.3, -0.25) is 4.79 Å². The summed E-state index contributed by atoms with van der Waals surface area (Å²) in [6, 6.07) is 10.2. The molecule has 2 rings (SSSR count). The molecule has 0 fully saturated rings. The summed E-state index contributed by atoms with van der Waals surface area (Å²) in [6.07, 6.45) is 0. The van der Waals surface area contributed by atoms with Crippen LogP contribution < -0.4 is 5.32 Å². The van der Waals surface area contributed by atoms with E-state index >= 15 is 0 Å². The molecule has 1 amide bonds. The lowest BCUT2D eigenvalue weighted by atomic mass is 9.96. The van der Waals surface area contributed by atoms with Gasteiger partial charge in [0.15, 0.2) is 5.13 Å². The molecule has 0 atom stereocenters. The Morgan fingerprint density at radius 1 is 1.30 bits per heavy atom. The van der Waals surface area contributed by atoms with Crippen molar-refractivity contribution in [1.82, 2.24) is 4.98 Å². The number of rotatable bonds is 4. The van der Waals surface area contributed by atoms with Crippen LogP contribution in [0, 0.1) is 5.41 Å². The van der Waals surface area contributed by atoms with Gasteiger partial charge in [-0.15, -0.1) is 23.1 Å². The van der Waals surface area contributed by atoms with Crippen LogP contribution in [0.15, 0.2) is 40.6 Å². The number of anilines is 1. The van der Waals surface area contributed by atoms with Gasteiger partial charge in [0.05, 0.1) is 5.69 Å². The van der Waals surface area contributed by atoms with Gasteiger partial charge in [0.1, 0.15) is 0 Å². The highest BCUT2D eigenvalue weighted by atomic mass is 32.2. The van der Waals surface area contributed by atoms with Crippen molar-refractivity contribution in [2.24, 2.45) is 5.41 Å². The number of carbonyl (C=O) groups excluding carboxylic acids is 1. The van der Waals surface area contributed by atoms with E-state index in [-0.39, 0.29) is 5.91 Å². The standard InChI is InChI=1S/C15H18N2OS2/c1-15(2,3)13(18)17-14-16-11(10-20-14)9-19-12-7-5-4-6-8-12/h4-8,10H,9H2,1-3H3,(H,16,17,18). The fourth-order valence-corrected chi connectivity index (χ4v) is 3.01. The second-order valence-corrected chi connectivity index (χ2v) is 7.36. The zero-order chi connectivity index (χ0) is 14.6. The first-order valence-corrected chi connectivity index (χ1v) is 8.25. The average molecular weight is 306 g/mol. The molecule has 1 aromatic heterocycles. The van der Waals surface area contributed by atoms with E-state index in [4.69, 9.17) is 0 Å². The van der Waals surface area contributed by atoms with Crippen molar-refractivity contribution in [2.45, 2.75) is 31.4 Å². The molecule has 2 aromatic rings. The van der Waals surface area contributed by atoms with Crippen molar-refractivity contribution in [2.75, 3.05) is 5.32 Å². The van der Waals surface area contributed by atoms with E-state index in [0.29, 0.717) is 5.13 Å². The first-order chi connectivity index (χ1) is 9.45. The average Bonchev–Trinajstić information content (AvgIpc) is 2.84. The maximum Gasteiger partial charge on any atom is 0.231 e. The first-order valence-electron chi connectivity index (χ1n) is 6.39. The number of hydrogen-bond acceptors (Lipinski definition) is 4. The normalized spacial score (nSPS) is 11.3. The van der Waals surface area contributed by atoms with Gasteiger partial charge in [-0.05, 0) is 12.1 Å². The number of nitrogens with one attached hydrogen (secondary N) is 1. The van der Waals surface area contributed by atoms with Gasteiger partial charge in [-0.2, -0.15) is 0 Å². The molecule has 0 unspecified atom stereocenters. The second kappa shape index (κ2) is 6.41. The van der Waals surface area contributed by atoms with Crippen LogP contribution >= 0.6 is 23.1 Å². The second-order valence-electron chi connectivity index (χ2n) is 5.45. The number of amides is 1. The van der Waals surface area contributed by atoms with E-state index in [2.05, 4.69) is 22.4 Å². The Hall–Kier alpha value is -1.33. The van der Waals surface area contributed by atoms with E-state index in [1.165, 1.54) is 16.2 Å². The highest BCUT2D eigenvalue weighted by Crippen LogP contribution is 2.25. The van der Waals surface area contributed by atoms with Gasteiger partial charge in [0, 0.05) is 21.4 Å². The molecular weight excluding hydrogens is 288 g/mol. The predicted molar refractivity (Wildman–Crippen MR) is 86.2 cm³/mol. The highest BCUT2D eigenvalue weighted by molar-refractivity contribution is 7.98. The molecule has 1 N–H and O–H groups in total. The van der Waals surface area contributed by atoms with E-state index in [1.54, 1.807) is 11.8 Å². The summed E-state index contributed by atoms with van der Waals surface area (Å²) in [5, 5.41) is 5.53. The lowest BCUT2D eigenvalue weighted by Gasteiger charge is -2.15. The number of benzene rings is 1. The van der Waals surface area contributed by atoms with Crippen LogP contribution in [0.5, 0.6) is 0 Å². The molecule has 0 radical (unpaired) electrons. The van der Waals surface area contributed by atoms with Gasteiger partial charge in [0.2, 0.25) is 5.91 Å². The molecule has 0 aliphatic rings.